The van der Waals surface area contributed by atoms with Gasteiger partial charge in [-0.3, -0.25) is 9.36 Å². The third-order valence-electron chi connectivity index (χ3n) is 2.15. The molecule has 0 saturated carbocycles. The Hall–Kier alpha value is -1.75. The van der Waals surface area contributed by atoms with Gasteiger partial charge in [0.1, 0.15) is 6.54 Å². The number of halogens is 1. The first-order chi connectivity index (χ1) is 7.61. The molecule has 1 heterocycles. The zero-order valence-electron chi connectivity index (χ0n) is 8.40. The van der Waals surface area contributed by atoms with Crippen LogP contribution < -0.4 is 5.76 Å². The molecule has 16 heavy (non-hydrogen) atoms. The molecule has 0 fully saturated rings. The van der Waals surface area contributed by atoms with Crippen molar-refractivity contribution in [3.05, 3.63) is 33.8 Å². The van der Waals surface area contributed by atoms with Crippen LogP contribution in [0.2, 0.25) is 5.02 Å². The molecule has 0 unspecified atom stereocenters. The van der Waals surface area contributed by atoms with E-state index in [1.807, 2.05) is 0 Å². The van der Waals surface area contributed by atoms with Crippen LogP contribution in [-0.2, 0) is 16.1 Å². The number of aromatic nitrogens is 1. The number of carbonyl (C=O) groups is 1. The predicted molar refractivity (Wildman–Crippen MR) is 57.5 cm³/mol. The van der Waals surface area contributed by atoms with Crippen molar-refractivity contribution < 1.29 is 13.9 Å². The minimum absolute atomic E-state index is 0.177. The average molecular weight is 242 g/mol. The maximum absolute atomic E-state index is 11.4. The van der Waals surface area contributed by atoms with Crippen LogP contribution in [0.25, 0.3) is 11.1 Å². The van der Waals surface area contributed by atoms with Crippen molar-refractivity contribution in [2.75, 3.05) is 7.11 Å². The number of carbonyl (C=O) groups excluding carboxylic acids is 1. The van der Waals surface area contributed by atoms with E-state index in [1.54, 1.807) is 12.1 Å². The molecule has 0 saturated heterocycles. The first kappa shape index (κ1) is 10.8. The molecule has 2 aromatic rings. The number of hydrogen-bond donors (Lipinski definition) is 0. The SMILES string of the molecule is COC(=O)Cn1c(=O)oc2cc(Cl)ccc21. The van der Waals surface area contributed by atoms with Crippen LogP contribution in [0.15, 0.2) is 27.4 Å². The number of oxazole rings is 1. The standard InChI is InChI=1S/C10H8ClNO4/c1-15-9(13)5-12-7-3-2-6(11)4-8(7)16-10(12)14/h2-4H,5H2,1H3. The summed E-state index contributed by atoms with van der Waals surface area (Å²) < 4.78 is 10.6. The van der Waals surface area contributed by atoms with Gasteiger partial charge in [0.15, 0.2) is 5.58 Å². The van der Waals surface area contributed by atoms with Crippen molar-refractivity contribution in [2.24, 2.45) is 0 Å². The van der Waals surface area contributed by atoms with Crippen LogP contribution in [0.1, 0.15) is 0 Å². The van der Waals surface area contributed by atoms with E-state index in [2.05, 4.69) is 4.74 Å². The molecule has 0 N–H and O–H groups in total. The minimum Gasteiger partial charge on any atom is -0.468 e. The van der Waals surface area contributed by atoms with E-state index in [9.17, 15) is 9.59 Å². The first-order valence-electron chi connectivity index (χ1n) is 4.47. The Balaban J connectivity index is 2.56. The Labute approximate surface area is 95.2 Å². The number of hydrogen-bond acceptors (Lipinski definition) is 4. The second-order valence-electron chi connectivity index (χ2n) is 3.14. The summed E-state index contributed by atoms with van der Waals surface area (Å²) in [5, 5.41) is 0.464. The number of esters is 1. The molecular weight excluding hydrogens is 234 g/mol. The topological polar surface area (TPSA) is 61.4 Å². The molecule has 0 amide bonds. The molecule has 0 aliphatic rings. The molecule has 5 nitrogen and oxygen atoms in total. The number of ether oxygens (including phenoxy) is 1. The fraction of sp³-hybridized carbons (Fsp3) is 0.200. The predicted octanol–water partition coefficient (Wildman–Crippen LogP) is 1.42. The largest absolute Gasteiger partial charge is 0.468 e. The molecule has 0 atom stereocenters. The van der Waals surface area contributed by atoms with Gasteiger partial charge in [-0.15, -0.1) is 0 Å². The Kier molecular flexibility index (Phi) is 2.70. The Morgan fingerprint density at radius 1 is 1.56 bits per heavy atom. The molecule has 0 radical (unpaired) electrons. The maximum atomic E-state index is 11.4. The van der Waals surface area contributed by atoms with Crippen LogP contribution in [-0.4, -0.2) is 17.6 Å². The van der Waals surface area contributed by atoms with E-state index in [4.69, 9.17) is 16.0 Å². The third-order valence-corrected chi connectivity index (χ3v) is 2.38. The maximum Gasteiger partial charge on any atom is 0.420 e. The van der Waals surface area contributed by atoms with E-state index in [0.717, 1.165) is 0 Å². The van der Waals surface area contributed by atoms with E-state index in [1.165, 1.54) is 17.7 Å². The summed E-state index contributed by atoms with van der Waals surface area (Å²) >= 11 is 5.75. The van der Waals surface area contributed by atoms with Gasteiger partial charge in [0.25, 0.3) is 0 Å². The fourth-order valence-electron chi connectivity index (χ4n) is 1.38. The first-order valence-corrected chi connectivity index (χ1v) is 4.85. The Bertz CT molecular complexity index is 598. The Morgan fingerprint density at radius 2 is 2.31 bits per heavy atom. The second-order valence-corrected chi connectivity index (χ2v) is 3.58. The number of benzene rings is 1. The van der Waals surface area contributed by atoms with Crippen molar-refractivity contribution in [2.45, 2.75) is 6.54 Å². The molecule has 1 aromatic heterocycles. The van der Waals surface area contributed by atoms with Gasteiger partial charge in [-0.1, -0.05) is 11.6 Å². The molecule has 6 heteroatoms. The van der Waals surface area contributed by atoms with Crippen molar-refractivity contribution >= 4 is 28.7 Å². The minimum atomic E-state index is -0.609. The quantitative estimate of drug-likeness (QED) is 0.746. The number of methoxy groups -OCH3 is 1. The highest BCUT2D eigenvalue weighted by Crippen LogP contribution is 2.18. The van der Waals surface area contributed by atoms with E-state index >= 15 is 0 Å². The van der Waals surface area contributed by atoms with Gasteiger partial charge in [-0.25, -0.2) is 4.79 Å². The van der Waals surface area contributed by atoms with Crippen LogP contribution in [0.4, 0.5) is 0 Å². The van der Waals surface area contributed by atoms with E-state index < -0.39 is 11.7 Å². The van der Waals surface area contributed by atoms with E-state index in [-0.39, 0.29) is 6.54 Å². The molecule has 0 spiro atoms. The van der Waals surface area contributed by atoms with Gasteiger partial charge in [-0.05, 0) is 12.1 Å². The van der Waals surface area contributed by atoms with Gasteiger partial charge in [0.05, 0.1) is 12.6 Å². The van der Waals surface area contributed by atoms with Gasteiger partial charge in [0, 0.05) is 11.1 Å². The summed E-state index contributed by atoms with van der Waals surface area (Å²) in [6.07, 6.45) is 0. The second kappa shape index (κ2) is 4.02. The average Bonchev–Trinajstić information content (AvgIpc) is 2.54. The lowest BCUT2D eigenvalue weighted by Gasteiger charge is -1.99. The van der Waals surface area contributed by atoms with Gasteiger partial charge in [-0.2, -0.15) is 0 Å². The fourth-order valence-corrected chi connectivity index (χ4v) is 1.55. The van der Waals surface area contributed by atoms with Crippen molar-refractivity contribution in [1.82, 2.24) is 4.57 Å². The number of nitrogens with zero attached hydrogens (tertiary/aromatic N) is 1. The number of fused-ring (bicyclic) bond motifs is 1. The van der Waals surface area contributed by atoms with Gasteiger partial charge in [0.2, 0.25) is 0 Å². The van der Waals surface area contributed by atoms with Crippen molar-refractivity contribution in [3.63, 3.8) is 0 Å². The zero-order chi connectivity index (χ0) is 11.7. The summed E-state index contributed by atoms with van der Waals surface area (Å²) in [6, 6.07) is 4.75. The van der Waals surface area contributed by atoms with Crippen LogP contribution >= 0.6 is 11.6 Å². The normalized spacial score (nSPS) is 10.6. The Morgan fingerprint density at radius 3 is 3.00 bits per heavy atom. The summed E-state index contributed by atoms with van der Waals surface area (Å²) in [4.78, 5) is 22.5. The number of rotatable bonds is 2. The van der Waals surface area contributed by atoms with Crippen LogP contribution in [0, 0.1) is 0 Å². The van der Waals surface area contributed by atoms with Gasteiger partial charge < -0.3 is 9.15 Å². The monoisotopic (exact) mass is 241 g/mol. The molecule has 84 valence electrons. The molecule has 0 aliphatic carbocycles. The smallest absolute Gasteiger partial charge is 0.420 e. The van der Waals surface area contributed by atoms with Crippen LogP contribution in [0.5, 0.6) is 0 Å². The molecule has 2 rings (SSSR count). The summed E-state index contributed by atoms with van der Waals surface area (Å²) in [7, 11) is 1.26. The highest BCUT2D eigenvalue weighted by atomic mass is 35.5. The molecule has 0 aliphatic heterocycles. The lowest BCUT2D eigenvalue weighted by Crippen LogP contribution is -2.20. The van der Waals surface area contributed by atoms with Gasteiger partial charge >= 0.3 is 11.7 Å². The van der Waals surface area contributed by atoms with Crippen LogP contribution in [0.3, 0.4) is 0 Å². The lowest BCUT2D eigenvalue weighted by atomic mass is 10.3. The van der Waals surface area contributed by atoms with E-state index in [0.29, 0.717) is 16.1 Å². The van der Waals surface area contributed by atoms with Crippen molar-refractivity contribution in [1.29, 1.82) is 0 Å². The molecule has 0 bridgehead atoms. The highest BCUT2D eigenvalue weighted by molar-refractivity contribution is 6.31. The zero-order valence-corrected chi connectivity index (χ0v) is 9.15. The lowest BCUT2D eigenvalue weighted by molar-refractivity contribution is -0.141. The third kappa shape index (κ3) is 1.81. The highest BCUT2D eigenvalue weighted by Gasteiger charge is 2.12. The summed E-state index contributed by atoms with van der Waals surface area (Å²) in [5.41, 5.74) is 0.862. The summed E-state index contributed by atoms with van der Waals surface area (Å²) in [5.74, 6) is -1.12. The molecule has 1 aromatic carbocycles. The molecular formula is C10H8ClNO4. The van der Waals surface area contributed by atoms with Crippen molar-refractivity contribution in [3.8, 4) is 0 Å². The summed E-state index contributed by atoms with van der Waals surface area (Å²) in [6.45, 7) is -0.177.